The number of carbonyl (C=O) groups excluding carboxylic acids is 3. The Bertz CT molecular complexity index is 901. The van der Waals surface area contributed by atoms with Crippen LogP contribution >= 0.6 is 0 Å². The molecular formula is C22H26F3N3O4. The van der Waals surface area contributed by atoms with Crippen molar-refractivity contribution in [3.8, 4) is 5.75 Å². The number of esters is 1. The number of hydrogen-bond acceptors (Lipinski definition) is 5. The third-order valence-corrected chi connectivity index (χ3v) is 6.11. The Morgan fingerprint density at radius 1 is 1.16 bits per heavy atom. The van der Waals surface area contributed by atoms with Crippen molar-refractivity contribution in [2.75, 3.05) is 13.1 Å². The normalized spacial score (nSPS) is 25.5. The maximum absolute atomic E-state index is 12.9. The van der Waals surface area contributed by atoms with Gasteiger partial charge < -0.3 is 20.7 Å². The Morgan fingerprint density at radius 2 is 1.94 bits per heavy atom. The van der Waals surface area contributed by atoms with Crippen molar-refractivity contribution in [2.45, 2.75) is 62.7 Å². The maximum atomic E-state index is 12.9. The van der Waals surface area contributed by atoms with Gasteiger partial charge in [0.25, 0.3) is 5.91 Å². The fourth-order valence-electron chi connectivity index (χ4n) is 4.01. The summed E-state index contributed by atoms with van der Waals surface area (Å²) in [6.45, 7) is 1.35. The minimum Gasteiger partial charge on any atom is -0.419 e. The predicted molar refractivity (Wildman–Crippen MR) is 108 cm³/mol. The van der Waals surface area contributed by atoms with E-state index in [0.717, 1.165) is 19.4 Å². The molecule has 3 N–H and O–H groups in total. The molecule has 3 atom stereocenters. The number of benzene rings is 1. The Balaban J connectivity index is 1.56. The lowest BCUT2D eigenvalue weighted by Gasteiger charge is -2.19. The molecule has 10 heteroatoms. The first-order chi connectivity index (χ1) is 15.2. The van der Waals surface area contributed by atoms with Gasteiger partial charge >= 0.3 is 12.1 Å². The molecule has 2 aliphatic carbocycles. The van der Waals surface area contributed by atoms with Crippen LogP contribution in [-0.2, 0) is 9.59 Å². The molecule has 3 unspecified atom stereocenters. The fraction of sp³-hybridized carbons (Fsp3) is 0.591. The van der Waals surface area contributed by atoms with Gasteiger partial charge in [0.05, 0.1) is 5.56 Å². The van der Waals surface area contributed by atoms with Gasteiger partial charge in [0.15, 0.2) is 0 Å². The third-order valence-electron chi connectivity index (χ3n) is 6.11. The number of hydrogen-bond donors (Lipinski definition) is 3. The molecule has 1 aromatic carbocycles. The van der Waals surface area contributed by atoms with Crippen molar-refractivity contribution in [1.29, 1.82) is 0 Å². The second kappa shape index (κ2) is 9.09. The Morgan fingerprint density at radius 3 is 2.66 bits per heavy atom. The molecule has 0 radical (unpaired) electrons. The zero-order valence-corrected chi connectivity index (χ0v) is 17.5. The van der Waals surface area contributed by atoms with Gasteiger partial charge in [-0.3, -0.25) is 9.59 Å². The van der Waals surface area contributed by atoms with Gasteiger partial charge in [0.2, 0.25) is 5.91 Å². The van der Waals surface area contributed by atoms with Crippen molar-refractivity contribution in [3.63, 3.8) is 0 Å². The number of alkyl halides is 3. The van der Waals surface area contributed by atoms with Crippen molar-refractivity contribution in [1.82, 2.24) is 16.0 Å². The molecule has 2 saturated carbocycles. The van der Waals surface area contributed by atoms with E-state index >= 15 is 0 Å². The van der Waals surface area contributed by atoms with E-state index in [1.54, 1.807) is 12.1 Å². The summed E-state index contributed by atoms with van der Waals surface area (Å²) in [7, 11) is 0. The van der Waals surface area contributed by atoms with Gasteiger partial charge in [0, 0.05) is 24.1 Å². The van der Waals surface area contributed by atoms with Crippen LogP contribution in [-0.4, -0.2) is 49.1 Å². The molecule has 0 bridgehead atoms. The zero-order chi connectivity index (χ0) is 22.9. The molecule has 1 saturated heterocycles. The first-order valence-electron chi connectivity index (χ1n) is 11.0. The molecule has 174 valence electrons. The largest absolute Gasteiger partial charge is 0.491 e. The van der Waals surface area contributed by atoms with Crippen molar-refractivity contribution in [2.24, 2.45) is 5.92 Å². The molecule has 4 rings (SSSR count). The topological polar surface area (TPSA) is 96.5 Å². The highest BCUT2D eigenvalue weighted by Crippen LogP contribution is 2.46. The molecular weight excluding hydrogens is 427 g/mol. The predicted octanol–water partition coefficient (Wildman–Crippen LogP) is 2.41. The van der Waals surface area contributed by atoms with Crippen LogP contribution in [0.15, 0.2) is 18.2 Å². The van der Waals surface area contributed by atoms with E-state index in [9.17, 15) is 27.6 Å². The van der Waals surface area contributed by atoms with Gasteiger partial charge in [-0.25, -0.2) is 4.79 Å². The van der Waals surface area contributed by atoms with E-state index in [2.05, 4.69) is 16.0 Å². The number of amides is 2. The SMILES string of the molecule is O=C(NC1CCCCNC1=O)c1cccc(C2CC2NCC2CC2)c1OC(=O)C(F)(F)F. The maximum Gasteiger partial charge on any atom is 0.491 e. The molecule has 0 spiro atoms. The summed E-state index contributed by atoms with van der Waals surface area (Å²) in [5, 5.41) is 8.67. The molecule has 1 aliphatic heterocycles. The van der Waals surface area contributed by atoms with Crippen LogP contribution in [0.4, 0.5) is 13.2 Å². The molecule has 3 aliphatic rings. The van der Waals surface area contributed by atoms with Gasteiger partial charge in [-0.1, -0.05) is 12.1 Å². The van der Waals surface area contributed by atoms with Crippen LogP contribution in [0.1, 0.15) is 60.4 Å². The Kier molecular flexibility index (Phi) is 6.41. The highest BCUT2D eigenvalue weighted by atomic mass is 19.4. The number of rotatable bonds is 7. The Labute approximate surface area is 183 Å². The molecule has 1 aromatic rings. The molecule has 1 heterocycles. The summed E-state index contributed by atoms with van der Waals surface area (Å²) >= 11 is 0. The summed E-state index contributed by atoms with van der Waals surface area (Å²) in [6, 6.07) is 3.70. The number of carbonyl (C=O) groups is 3. The summed E-state index contributed by atoms with van der Waals surface area (Å²) in [5.74, 6) is -3.37. The summed E-state index contributed by atoms with van der Waals surface area (Å²) < 4.78 is 43.6. The van der Waals surface area contributed by atoms with Gasteiger partial charge in [0.1, 0.15) is 11.8 Å². The lowest BCUT2D eigenvalue weighted by molar-refractivity contribution is -0.189. The second-order valence-electron chi connectivity index (χ2n) is 8.72. The standard InChI is InChI=1S/C22H26F3N3O4/c23-22(24,25)21(31)32-18-13(15-10-17(15)27-11-12-7-8-12)4-3-5-14(18)19(29)28-16-6-1-2-9-26-20(16)30/h3-5,12,15-17,27H,1-2,6-11H2,(H,26,30)(H,28,29). The van der Waals surface area contributed by atoms with E-state index in [1.807, 2.05) is 0 Å². The van der Waals surface area contributed by atoms with Gasteiger partial charge in [-0.05, 0) is 57.1 Å². The van der Waals surface area contributed by atoms with Crippen molar-refractivity contribution < 1.29 is 32.3 Å². The zero-order valence-electron chi connectivity index (χ0n) is 17.5. The van der Waals surface area contributed by atoms with Crippen LogP contribution in [0.3, 0.4) is 0 Å². The van der Waals surface area contributed by atoms with E-state index in [4.69, 9.17) is 4.74 Å². The van der Waals surface area contributed by atoms with Crippen LogP contribution < -0.4 is 20.7 Å². The van der Waals surface area contributed by atoms with E-state index in [1.165, 1.54) is 18.9 Å². The first kappa shape index (κ1) is 22.6. The molecule has 2 amide bonds. The minimum atomic E-state index is -5.20. The summed E-state index contributed by atoms with van der Waals surface area (Å²) in [6.07, 6.45) is -0.263. The average molecular weight is 453 g/mol. The highest BCUT2D eigenvalue weighted by molar-refractivity contribution is 6.01. The summed E-state index contributed by atoms with van der Waals surface area (Å²) in [4.78, 5) is 36.7. The Hall–Kier alpha value is -2.62. The number of ether oxygens (including phenoxy) is 1. The lowest BCUT2D eigenvalue weighted by atomic mass is 10.0. The highest BCUT2D eigenvalue weighted by Gasteiger charge is 2.45. The number of para-hydroxylation sites is 1. The van der Waals surface area contributed by atoms with E-state index in [0.29, 0.717) is 30.9 Å². The van der Waals surface area contributed by atoms with Crippen molar-refractivity contribution >= 4 is 17.8 Å². The van der Waals surface area contributed by atoms with E-state index in [-0.39, 0.29) is 29.2 Å². The minimum absolute atomic E-state index is 0.0601. The molecule has 3 fully saturated rings. The van der Waals surface area contributed by atoms with Crippen LogP contribution in [0.2, 0.25) is 0 Å². The average Bonchev–Trinajstić information content (AvgIpc) is 3.63. The van der Waals surface area contributed by atoms with Crippen LogP contribution in [0.5, 0.6) is 5.75 Å². The van der Waals surface area contributed by atoms with E-state index < -0.39 is 24.1 Å². The fourth-order valence-corrected chi connectivity index (χ4v) is 4.01. The molecule has 0 aromatic heterocycles. The van der Waals surface area contributed by atoms with Gasteiger partial charge in [-0.2, -0.15) is 13.2 Å². The van der Waals surface area contributed by atoms with Crippen molar-refractivity contribution in [3.05, 3.63) is 29.3 Å². The summed E-state index contributed by atoms with van der Waals surface area (Å²) in [5.41, 5.74) is 0.193. The number of nitrogens with one attached hydrogen (secondary N) is 3. The van der Waals surface area contributed by atoms with Crippen LogP contribution in [0.25, 0.3) is 0 Å². The van der Waals surface area contributed by atoms with Crippen LogP contribution in [0, 0.1) is 5.92 Å². The monoisotopic (exact) mass is 453 g/mol. The molecule has 32 heavy (non-hydrogen) atoms. The first-order valence-corrected chi connectivity index (χ1v) is 11.0. The second-order valence-corrected chi connectivity index (χ2v) is 8.72. The quantitative estimate of drug-likeness (QED) is 0.435. The third kappa shape index (κ3) is 5.40. The smallest absolute Gasteiger partial charge is 0.419 e. The lowest BCUT2D eigenvalue weighted by Crippen LogP contribution is -2.45. The number of halogens is 3. The van der Waals surface area contributed by atoms with Gasteiger partial charge in [-0.15, -0.1) is 0 Å². The molecule has 7 nitrogen and oxygen atoms in total.